The molecule has 0 aliphatic carbocycles. The highest BCUT2D eigenvalue weighted by atomic mass is 16.5. The van der Waals surface area contributed by atoms with Crippen LogP contribution in [0.25, 0.3) is 0 Å². The molecular weight excluding hydrogens is 238 g/mol. The quantitative estimate of drug-likeness (QED) is 0.790. The average molecular weight is 265 g/mol. The number of rotatable bonds is 7. The van der Waals surface area contributed by atoms with E-state index in [1.807, 2.05) is 12.3 Å². The molecule has 1 aliphatic heterocycles. The van der Waals surface area contributed by atoms with E-state index in [0.29, 0.717) is 6.04 Å². The van der Waals surface area contributed by atoms with Gasteiger partial charge in [-0.1, -0.05) is 13.8 Å². The molecule has 2 heterocycles. The van der Waals surface area contributed by atoms with E-state index in [0.717, 1.165) is 45.3 Å². The minimum atomic E-state index is 0.624. The highest BCUT2D eigenvalue weighted by molar-refractivity contribution is 5.02. The molecule has 4 heteroatoms. The SMILES string of the molecule is CC(C)CC(CNCc1ccc[nH]1)N1CCOCC1. The van der Waals surface area contributed by atoms with Crippen molar-refractivity contribution >= 4 is 0 Å². The maximum absolute atomic E-state index is 5.45. The summed E-state index contributed by atoms with van der Waals surface area (Å²) in [6.45, 7) is 10.5. The van der Waals surface area contributed by atoms with Crippen LogP contribution >= 0.6 is 0 Å². The van der Waals surface area contributed by atoms with E-state index in [9.17, 15) is 0 Å². The standard InChI is InChI=1S/C15H27N3O/c1-13(2)10-15(18-6-8-19-9-7-18)12-16-11-14-4-3-5-17-14/h3-5,13,15-17H,6-12H2,1-2H3. The van der Waals surface area contributed by atoms with E-state index in [2.05, 4.69) is 35.1 Å². The summed E-state index contributed by atoms with van der Waals surface area (Å²) in [6.07, 6.45) is 3.22. The van der Waals surface area contributed by atoms with Gasteiger partial charge in [0.15, 0.2) is 0 Å². The monoisotopic (exact) mass is 265 g/mol. The van der Waals surface area contributed by atoms with Crippen LogP contribution in [0.4, 0.5) is 0 Å². The Bertz CT molecular complexity index is 331. The Kier molecular flexibility index (Phi) is 5.89. The molecule has 0 aromatic carbocycles. The second kappa shape index (κ2) is 7.68. The first kappa shape index (κ1) is 14.6. The van der Waals surface area contributed by atoms with Crippen LogP contribution in [0.15, 0.2) is 18.3 Å². The van der Waals surface area contributed by atoms with Gasteiger partial charge in [-0.25, -0.2) is 0 Å². The van der Waals surface area contributed by atoms with Crippen molar-refractivity contribution in [2.75, 3.05) is 32.8 Å². The summed E-state index contributed by atoms with van der Waals surface area (Å²) in [5, 5.41) is 3.58. The number of nitrogens with one attached hydrogen (secondary N) is 2. The molecule has 2 N–H and O–H groups in total. The van der Waals surface area contributed by atoms with Crippen molar-refractivity contribution in [3.63, 3.8) is 0 Å². The van der Waals surface area contributed by atoms with Gasteiger partial charge < -0.3 is 15.0 Å². The topological polar surface area (TPSA) is 40.3 Å². The van der Waals surface area contributed by atoms with Gasteiger partial charge in [0.05, 0.1) is 13.2 Å². The van der Waals surface area contributed by atoms with Crippen LogP contribution in [0, 0.1) is 5.92 Å². The Balaban J connectivity index is 1.79. The van der Waals surface area contributed by atoms with Gasteiger partial charge in [-0.15, -0.1) is 0 Å². The van der Waals surface area contributed by atoms with Gasteiger partial charge in [0, 0.05) is 44.1 Å². The van der Waals surface area contributed by atoms with Crippen molar-refractivity contribution in [1.82, 2.24) is 15.2 Å². The van der Waals surface area contributed by atoms with Gasteiger partial charge in [-0.3, -0.25) is 4.90 Å². The highest BCUT2D eigenvalue weighted by Crippen LogP contribution is 2.13. The molecule has 0 radical (unpaired) electrons. The third-order valence-electron chi connectivity index (χ3n) is 3.66. The third kappa shape index (κ3) is 4.97. The molecule has 4 nitrogen and oxygen atoms in total. The Morgan fingerprint density at radius 3 is 2.79 bits per heavy atom. The number of morpholine rings is 1. The Labute approximate surface area is 116 Å². The van der Waals surface area contributed by atoms with E-state index < -0.39 is 0 Å². The van der Waals surface area contributed by atoms with Crippen molar-refractivity contribution in [3.05, 3.63) is 24.0 Å². The zero-order chi connectivity index (χ0) is 13.5. The number of H-pyrrole nitrogens is 1. The van der Waals surface area contributed by atoms with Crippen LogP contribution in [0.3, 0.4) is 0 Å². The third-order valence-corrected chi connectivity index (χ3v) is 3.66. The van der Waals surface area contributed by atoms with Gasteiger partial charge in [-0.05, 0) is 24.5 Å². The molecule has 1 saturated heterocycles. The molecule has 1 aliphatic rings. The lowest BCUT2D eigenvalue weighted by molar-refractivity contribution is 0.0123. The fourth-order valence-corrected chi connectivity index (χ4v) is 2.70. The Morgan fingerprint density at radius 2 is 2.16 bits per heavy atom. The maximum Gasteiger partial charge on any atom is 0.0594 e. The van der Waals surface area contributed by atoms with E-state index in [-0.39, 0.29) is 0 Å². The van der Waals surface area contributed by atoms with E-state index >= 15 is 0 Å². The number of hydrogen-bond acceptors (Lipinski definition) is 3. The average Bonchev–Trinajstić information content (AvgIpc) is 2.91. The van der Waals surface area contributed by atoms with Gasteiger partial charge in [0.2, 0.25) is 0 Å². The molecule has 1 atom stereocenters. The van der Waals surface area contributed by atoms with E-state index in [1.165, 1.54) is 12.1 Å². The summed E-state index contributed by atoms with van der Waals surface area (Å²) in [5.74, 6) is 0.736. The molecule has 2 rings (SSSR count). The number of hydrogen-bond donors (Lipinski definition) is 2. The van der Waals surface area contributed by atoms with Gasteiger partial charge in [0.1, 0.15) is 0 Å². The molecular formula is C15H27N3O. The lowest BCUT2D eigenvalue weighted by atomic mass is 10.0. The van der Waals surface area contributed by atoms with Crippen molar-refractivity contribution < 1.29 is 4.74 Å². The van der Waals surface area contributed by atoms with Crippen molar-refractivity contribution in [1.29, 1.82) is 0 Å². The zero-order valence-corrected chi connectivity index (χ0v) is 12.2. The molecule has 0 spiro atoms. The summed E-state index contributed by atoms with van der Waals surface area (Å²) >= 11 is 0. The summed E-state index contributed by atoms with van der Waals surface area (Å²) in [6, 6.07) is 4.79. The largest absolute Gasteiger partial charge is 0.379 e. The first-order valence-electron chi connectivity index (χ1n) is 7.40. The number of nitrogens with zero attached hydrogens (tertiary/aromatic N) is 1. The minimum Gasteiger partial charge on any atom is -0.379 e. The predicted molar refractivity (Wildman–Crippen MR) is 78.1 cm³/mol. The molecule has 1 unspecified atom stereocenters. The van der Waals surface area contributed by atoms with E-state index in [4.69, 9.17) is 4.74 Å². The van der Waals surface area contributed by atoms with Crippen molar-refractivity contribution in [3.8, 4) is 0 Å². The number of ether oxygens (including phenoxy) is 1. The highest BCUT2D eigenvalue weighted by Gasteiger charge is 2.21. The lowest BCUT2D eigenvalue weighted by Crippen LogP contribution is -2.48. The molecule has 0 amide bonds. The van der Waals surface area contributed by atoms with Crippen LogP contribution in [-0.2, 0) is 11.3 Å². The Hall–Kier alpha value is -0.840. The maximum atomic E-state index is 5.45. The van der Waals surface area contributed by atoms with Gasteiger partial charge >= 0.3 is 0 Å². The van der Waals surface area contributed by atoms with E-state index in [1.54, 1.807) is 0 Å². The molecule has 19 heavy (non-hydrogen) atoms. The minimum absolute atomic E-state index is 0.624. The molecule has 1 aromatic rings. The fraction of sp³-hybridized carbons (Fsp3) is 0.733. The van der Waals surface area contributed by atoms with Crippen LogP contribution < -0.4 is 5.32 Å². The second-order valence-corrected chi connectivity index (χ2v) is 5.76. The smallest absolute Gasteiger partial charge is 0.0594 e. The fourth-order valence-electron chi connectivity index (χ4n) is 2.70. The molecule has 0 bridgehead atoms. The van der Waals surface area contributed by atoms with Crippen molar-refractivity contribution in [2.45, 2.75) is 32.9 Å². The number of aromatic amines is 1. The molecule has 0 saturated carbocycles. The normalized spacial score (nSPS) is 18.9. The first-order chi connectivity index (χ1) is 9.25. The molecule has 108 valence electrons. The molecule has 1 fully saturated rings. The second-order valence-electron chi connectivity index (χ2n) is 5.76. The molecule has 1 aromatic heterocycles. The zero-order valence-electron chi connectivity index (χ0n) is 12.2. The Morgan fingerprint density at radius 1 is 1.37 bits per heavy atom. The van der Waals surface area contributed by atoms with Crippen LogP contribution in [0.1, 0.15) is 26.0 Å². The summed E-state index contributed by atoms with van der Waals surface area (Å²) in [5.41, 5.74) is 1.25. The lowest BCUT2D eigenvalue weighted by Gasteiger charge is -2.35. The van der Waals surface area contributed by atoms with Gasteiger partial charge in [-0.2, -0.15) is 0 Å². The first-order valence-corrected chi connectivity index (χ1v) is 7.40. The summed E-state index contributed by atoms with van der Waals surface area (Å²) < 4.78 is 5.45. The van der Waals surface area contributed by atoms with Crippen LogP contribution in [-0.4, -0.2) is 48.8 Å². The number of aromatic nitrogens is 1. The summed E-state index contributed by atoms with van der Waals surface area (Å²) in [7, 11) is 0. The van der Waals surface area contributed by atoms with Gasteiger partial charge in [0.25, 0.3) is 0 Å². The van der Waals surface area contributed by atoms with Crippen LogP contribution in [0.2, 0.25) is 0 Å². The van der Waals surface area contributed by atoms with Crippen LogP contribution in [0.5, 0.6) is 0 Å². The summed E-state index contributed by atoms with van der Waals surface area (Å²) in [4.78, 5) is 5.81. The van der Waals surface area contributed by atoms with Crippen molar-refractivity contribution in [2.24, 2.45) is 5.92 Å². The predicted octanol–water partition coefficient (Wildman–Crippen LogP) is 1.85.